The number of nitro benzene ring substituents is 1. The van der Waals surface area contributed by atoms with Gasteiger partial charge in [-0.3, -0.25) is 20.0 Å². The highest BCUT2D eigenvalue weighted by molar-refractivity contribution is 5.84. The van der Waals surface area contributed by atoms with Crippen LogP contribution in [0.5, 0.6) is 0 Å². The third-order valence-electron chi connectivity index (χ3n) is 3.25. The summed E-state index contributed by atoms with van der Waals surface area (Å²) in [5, 5.41) is 40.4. The molecule has 1 heterocycles. The SMILES string of the molecule is CC(=O)NCCC(O)C(O)c1[nH]nc2ccc([N+](=O)[O-])cc12. The van der Waals surface area contributed by atoms with Crippen molar-refractivity contribution >= 4 is 22.5 Å². The number of carbonyl (C=O) groups excluding carboxylic acids is 1. The molecule has 118 valence electrons. The fourth-order valence-electron chi connectivity index (χ4n) is 2.10. The van der Waals surface area contributed by atoms with Crippen LogP contribution in [0.15, 0.2) is 18.2 Å². The Morgan fingerprint density at radius 1 is 1.50 bits per heavy atom. The maximum atomic E-state index is 10.8. The van der Waals surface area contributed by atoms with Gasteiger partial charge >= 0.3 is 0 Å². The molecule has 0 radical (unpaired) electrons. The largest absolute Gasteiger partial charge is 0.390 e. The van der Waals surface area contributed by atoms with Crippen molar-refractivity contribution in [2.24, 2.45) is 0 Å². The summed E-state index contributed by atoms with van der Waals surface area (Å²) in [4.78, 5) is 21.0. The van der Waals surface area contributed by atoms with Crippen LogP contribution < -0.4 is 5.32 Å². The quantitative estimate of drug-likeness (QED) is 0.449. The number of non-ortho nitro benzene ring substituents is 1. The number of aliphatic hydroxyl groups excluding tert-OH is 2. The molecular formula is C13H16N4O5. The summed E-state index contributed by atoms with van der Waals surface area (Å²) in [7, 11) is 0. The molecule has 0 saturated carbocycles. The summed E-state index contributed by atoms with van der Waals surface area (Å²) in [5.41, 5.74) is 0.526. The first-order chi connectivity index (χ1) is 10.4. The molecule has 22 heavy (non-hydrogen) atoms. The Hall–Kier alpha value is -2.52. The number of aliphatic hydroxyl groups is 2. The number of carbonyl (C=O) groups is 1. The van der Waals surface area contributed by atoms with Crippen LogP contribution in [0.2, 0.25) is 0 Å². The minimum absolute atomic E-state index is 0.130. The molecule has 0 aliphatic heterocycles. The van der Waals surface area contributed by atoms with Gasteiger partial charge in [-0.15, -0.1) is 0 Å². The average Bonchev–Trinajstić information content (AvgIpc) is 2.88. The highest BCUT2D eigenvalue weighted by Crippen LogP contribution is 2.28. The Morgan fingerprint density at radius 3 is 2.86 bits per heavy atom. The monoisotopic (exact) mass is 308 g/mol. The lowest BCUT2D eigenvalue weighted by Gasteiger charge is -2.16. The maximum Gasteiger partial charge on any atom is 0.270 e. The van der Waals surface area contributed by atoms with Gasteiger partial charge in [-0.25, -0.2) is 0 Å². The summed E-state index contributed by atoms with van der Waals surface area (Å²) in [6.45, 7) is 1.56. The second-order valence-electron chi connectivity index (χ2n) is 4.88. The minimum Gasteiger partial charge on any atom is -0.390 e. The van der Waals surface area contributed by atoms with Crippen molar-refractivity contribution in [3.63, 3.8) is 0 Å². The second-order valence-corrected chi connectivity index (χ2v) is 4.88. The number of fused-ring (bicyclic) bond motifs is 1. The number of hydrogen-bond acceptors (Lipinski definition) is 6. The first-order valence-corrected chi connectivity index (χ1v) is 6.63. The van der Waals surface area contributed by atoms with E-state index in [2.05, 4.69) is 15.5 Å². The van der Waals surface area contributed by atoms with Crippen LogP contribution in [0.25, 0.3) is 10.9 Å². The molecule has 0 fully saturated rings. The molecule has 0 saturated heterocycles. The third-order valence-corrected chi connectivity index (χ3v) is 3.25. The molecule has 0 spiro atoms. The van der Waals surface area contributed by atoms with E-state index in [4.69, 9.17) is 0 Å². The smallest absolute Gasteiger partial charge is 0.270 e. The molecule has 0 bridgehead atoms. The number of nitro groups is 1. The van der Waals surface area contributed by atoms with Crippen LogP contribution >= 0.6 is 0 Å². The van der Waals surface area contributed by atoms with Crippen molar-refractivity contribution in [2.75, 3.05) is 6.54 Å². The van der Waals surface area contributed by atoms with Gasteiger partial charge in [0.2, 0.25) is 5.91 Å². The normalized spacial score (nSPS) is 13.8. The van der Waals surface area contributed by atoms with E-state index in [1.807, 2.05) is 0 Å². The molecule has 9 heteroatoms. The van der Waals surface area contributed by atoms with Gasteiger partial charge in [-0.05, 0) is 12.5 Å². The van der Waals surface area contributed by atoms with Gasteiger partial charge in [-0.2, -0.15) is 5.10 Å². The first-order valence-electron chi connectivity index (χ1n) is 6.63. The summed E-state index contributed by atoms with van der Waals surface area (Å²) in [5.74, 6) is -0.232. The highest BCUT2D eigenvalue weighted by atomic mass is 16.6. The van der Waals surface area contributed by atoms with Crippen LogP contribution in [-0.2, 0) is 4.79 Å². The Balaban J connectivity index is 2.20. The predicted octanol–water partition coefficient (Wildman–Crippen LogP) is 0.392. The van der Waals surface area contributed by atoms with E-state index in [0.717, 1.165) is 0 Å². The van der Waals surface area contributed by atoms with E-state index < -0.39 is 17.1 Å². The Bertz CT molecular complexity index is 699. The second kappa shape index (κ2) is 6.50. The zero-order chi connectivity index (χ0) is 16.3. The van der Waals surface area contributed by atoms with E-state index in [1.54, 1.807) is 0 Å². The van der Waals surface area contributed by atoms with Gasteiger partial charge in [-0.1, -0.05) is 0 Å². The predicted molar refractivity (Wildman–Crippen MR) is 77.0 cm³/mol. The highest BCUT2D eigenvalue weighted by Gasteiger charge is 2.23. The van der Waals surface area contributed by atoms with Gasteiger partial charge in [0.1, 0.15) is 6.10 Å². The summed E-state index contributed by atoms with van der Waals surface area (Å²) in [6.07, 6.45) is -2.30. The number of amides is 1. The van der Waals surface area contributed by atoms with Crippen LogP contribution in [-0.4, -0.2) is 43.9 Å². The molecule has 2 rings (SSSR count). The van der Waals surface area contributed by atoms with E-state index in [9.17, 15) is 25.1 Å². The van der Waals surface area contributed by atoms with Gasteiger partial charge < -0.3 is 15.5 Å². The molecule has 1 aromatic carbocycles. The number of aromatic amines is 1. The summed E-state index contributed by atoms with van der Waals surface area (Å²) >= 11 is 0. The fraction of sp³-hybridized carbons (Fsp3) is 0.385. The molecule has 1 aromatic heterocycles. The van der Waals surface area contributed by atoms with E-state index in [0.29, 0.717) is 10.9 Å². The number of nitrogens with one attached hydrogen (secondary N) is 2. The molecule has 2 aromatic rings. The molecule has 0 aliphatic carbocycles. The molecule has 2 atom stereocenters. The van der Waals surface area contributed by atoms with Crippen molar-refractivity contribution in [1.82, 2.24) is 15.5 Å². The van der Waals surface area contributed by atoms with E-state index >= 15 is 0 Å². The minimum atomic E-state index is -1.29. The lowest BCUT2D eigenvalue weighted by atomic mass is 10.0. The third kappa shape index (κ3) is 3.38. The molecular weight excluding hydrogens is 292 g/mol. The van der Waals surface area contributed by atoms with Crippen molar-refractivity contribution in [1.29, 1.82) is 0 Å². The number of benzene rings is 1. The van der Waals surface area contributed by atoms with Gasteiger partial charge in [0.05, 0.1) is 22.2 Å². The standard InChI is InChI=1S/C13H16N4O5/c1-7(18)14-5-4-11(19)13(20)12-9-6-8(17(21)22)2-3-10(9)15-16-12/h2-3,6,11,13,19-20H,4-5H2,1H3,(H,14,18)(H,15,16). The number of H-pyrrole nitrogens is 1. The van der Waals surface area contributed by atoms with Crippen LogP contribution in [0.3, 0.4) is 0 Å². The Kier molecular flexibility index (Phi) is 4.68. The van der Waals surface area contributed by atoms with Crippen LogP contribution in [0.4, 0.5) is 5.69 Å². The zero-order valence-electron chi connectivity index (χ0n) is 11.8. The summed E-state index contributed by atoms with van der Waals surface area (Å²) < 4.78 is 0. The molecule has 4 N–H and O–H groups in total. The van der Waals surface area contributed by atoms with Crippen molar-refractivity contribution in [2.45, 2.75) is 25.6 Å². The van der Waals surface area contributed by atoms with Crippen LogP contribution in [0, 0.1) is 10.1 Å². The first kappa shape index (κ1) is 15.9. The Morgan fingerprint density at radius 2 is 2.23 bits per heavy atom. The number of nitrogens with zero attached hydrogens (tertiary/aromatic N) is 2. The molecule has 2 unspecified atom stereocenters. The van der Waals surface area contributed by atoms with Crippen molar-refractivity contribution in [3.8, 4) is 0 Å². The average molecular weight is 308 g/mol. The summed E-state index contributed by atoms with van der Waals surface area (Å²) in [6, 6.07) is 4.06. The van der Waals surface area contributed by atoms with Crippen molar-refractivity contribution in [3.05, 3.63) is 34.0 Å². The maximum absolute atomic E-state index is 10.8. The lowest BCUT2D eigenvalue weighted by Crippen LogP contribution is -2.27. The topological polar surface area (TPSA) is 141 Å². The Labute approximate surface area is 125 Å². The van der Waals surface area contributed by atoms with Crippen molar-refractivity contribution < 1.29 is 19.9 Å². The lowest BCUT2D eigenvalue weighted by molar-refractivity contribution is -0.384. The number of aromatic nitrogens is 2. The molecule has 0 aliphatic rings. The number of hydrogen-bond donors (Lipinski definition) is 4. The van der Waals surface area contributed by atoms with Crippen LogP contribution in [0.1, 0.15) is 25.1 Å². The molecule has 1 amide bonds. The van der Waals surface area contributed by atoms with Gasteiger partial charge in [0.15, 0.2) is 0 Å². The van der Waals surface area contributed by atoms with E-state index in [-0.39, 0.29) is 30.3 Å². The van der Waals surface area contributed by atoms with Gasteiger partial charge in [0, 0.05) is 31.0 Å². The fourth-order valence-corrected chi connectivity index (χ4v) is 2.10. The number of rotatable bonds is 6. The van der Waals surface area contributed by atoms with Gasteiger partial charge in [0.25, 0.3) is 5.69 Å². The molecule has 9 nitrogen and oxygen atoms in total. The van der Waals surface area contributed by atoms with E-state index in [1.165, 1.54) is 25.1 Å². The zero-order valence-corrected chi connectivity index (χ0v) is 11.8.